The molecule has 1 aliphatic carbocycles. The van der Waals surface area contributed by atoms with Crippen LogP contribution in [0.5, 0.6) is 5.75 Å². The highest BCUT2D eigenvalue weighted by atomic mass is 19.1. The van der Waals surface area contributed by atoms with Crippen LogP contribution in [0.15, 0.2) is 96.2 Å². The first-order valence-electron chi connectivity index (χ1n) is 14.0. The highest BCUT2D eigenvalue weighted by Gasteiger charge is 2.37. The fourth-order valence-electron chi connectivity index (χ4n) is 5.19. The monoisotopic (exact) mass is 567 g/mol. The summed E-state index contributed by atoms with van der Waals surface area (Å²) in [6.45, 7) is 1.32. The summed E-state index contributed by atoms with van der Waals surface area (Å²) in [6.07, 6.45) is 7.70. The van der Waals surface area contributed by atoms with E-state index in [0.717, 1.165) is 42.0 Å². The Labute approximate surface area is 242 Å². The zero-order chi connectivity index (χ0) is 29.1. The van der Waals surface area contributed by atoms with E-state index < -0.39 is 0 Å². The maximum absolute atomic E-state index is 13.6. The van der Waals surface area contributed by atoms with Gasteiger partial charge in [0.25, 0.3) is 5.56 Å². The lowest BCUT2D eigenvalue weighted by atomic mass is 10.1. The van der Waals surface area contributed by atoms with E-state index >= 15 is 0 Å². The van der Waals surface area contributed by atoms with Crippen molar-refractivity contribution in [1.82, 2.24) is 24.6 Å². The average Bonchev–Trinajstić information content (AvgIpc) is 3.64. The number of methoxy groups -OCH3 is 1. The van der Waals surface area contributed by atoms with Gasteiger partial charge in [-0.2, -0.15) is 5.10 Å². The molecule has 0 saturated heterocycles. The summed E-state index contributed by atoms with van der Waals surface area (Å²) in [5.74, 6) is 0.598. The van der Waals surface area contributed by atoms with E-state index in [0.29, 0.717) is 41.9 Å². The Kier molecular flexibility index (Phi) is 7.92. The molecule has 5 aromatic rings. The van der Waals surface area contributed by atoms with Crippen LogP contribution in [0, 0.1) is 11.6 Å². The quantitative estimate of drug-likeness (QED) is 0.213. The normalized spacial score (nSPS) is 16.0. The molecule has 7 nitrogen and oxygen atoms in total. The van der Waals surface area contributed by atoms with E-state index in [-0.39, 0.29) is 17.2 Å². The lowest BCUT2D eigenvalue weighted by molar-refractivity contribution is 0.414. The number of nitrogens with zero attached hydrogens (tertiary/aromatic N) is 4. The van der Waals surface area contributed by atoms with Gasteiger partial charge < -0.3 is 10.1 Å². The Hall–Kier alpha value is -4.63. The molecular formula is C33H31F2N5O2. The molecule has 0 aliphatic heterocycles. The highest BCUT2D eigenvalue weighted by Crippen LogP contribution is 2.40. The van der Waals surface area contributed by atoms with Crippen LogP contribution in [0.25, 0.3) is 16.9 Å². The molecule has 3 aromatic carbocycles. The molecule has 0 bridgehead atoms. The summed E-state index contributed by atoms with van der Waals surface area (Å²) in [5.41, 5.74) is 4.13. The van der Waals surface area contributed by atoms with E-state index in [1.165, 1.54) is 28.8 Å². The fourth-order valence-corrected chi connectivity index (χ4v) is 5.19. The van der Waals surface area contributed by atoms with Gasteiger partial charge in [-0.3, -0.25) is 14.0 Å². The first kappa shape index (κ1) is 27.5. The summed E-state index contributed by atoms with van der Waals surface area (Å²) in [4.78, 5) is 18.3. The Morgan fingerprint density at radius 1 is 0.952 bits per heavy atom. The fraction of sp³-hybridized carbons (Fsp3) is 0.242. The highest BCUT2D eigenvalue weighted by molar-refractivity contribution is 5.57. The second kappa shape index (κ2) is 12.1. The third-order valence-electron chi connectivity index (χ3n) is 7.57. The number of benzene rings is 3. The van der Waals surface area contributed by atoms with Crippen molar-refractivity contribution in [2.24, 2.45) is 0 Å². The number of aromatic nitrogens is 4. The second-order valence-corrected chi connectivity index (χ2v) is 10.6. The van der Waals surface area contributed by atoms with Crippen molar-refractivity contribution < 1.29 is 13.5 Å². The molecule has 6 rings (SSSR count). The van der Waals surface area contributed by atoms with E-state index in [1.54, 1.807) is 36.3 Å². The Balaban J connectivity index is 1.18. The van der Waals surface area contributed by atoms with Gasteiger partial charge in [0, 0.05) is 35.6 Å². The molecule has 2 aromatic heterocycles. The van der Waals surface area contributed by atoms with Crippen LogP contribution in [-0.2, 0) is 13.0 Å². The minimum absolute atomic E-state index is 0.220. The summed E-state index contributed by atoms with van der Waals surface area (Å²) in [6, 6.07) is 20.7. The molecule has 9 heteroatoms. The van der Waals surface area contributed by atoms with Crippen LogP contribution in [0.1, 0.15) is 35.6 Å². The van der Waals surface area contributed by atoms with Gasteiger partial charge in [-0.1, -0.05) is 24.3 Å². The Bertz CT molecular complexity index is 1710. The summed E-state index contributed by atoms with van der Waals surface area (Å²) < 4.78 is 35.4. The third-order valence-corrected chi connectivity index (χ3v) is 7.57. The number of nitrogens with one attached hydrogen (secondary N) is 1. The number of hydrogen-bond acceptors (Lipinski definition) is 5. The standard InChI is InChI=1S/C33H31F2N5O2/c1-42-29-14-4-22(5-15-29)19-39-20-24(18-37-39)32-33(41)40(28-12-10-26(35)11-13-28)21-27(38-32)3-2-16-36-31-17-30(31)23-6-8-25(34)9-7-23/h4-15,18,20-21,30-31,36H,2-3,16-17,19H2,1H3/t30-,31+/m0/s1. The van der Waals surface area contributed by atoms with Crippen LogP contribution in [0.2, 0.25) is 0 Å². The van der Waals surface area contributed by atoms with Crippen molar-refractivity contribution in [1.29, 1.82) is 0 Å². The molecule has 0 unspecified atom stereocenters. The molecule has 2 heterocycles. The minimum atomic E-state index is -0.369. The predicted octanol–water partition coefficient (Wildman–Crippen LogP) is 5.51. The molecule has 0 spiro atoms. The summed E-state index contributed by atoms with van der Waals surface area (Å²) in [7, 11) is 1.63. The average molecular weight is 568 g/mol. The summed E-state index contributed by atoms with van der Waals surface area (Å²) >= 11 is 0. The molecule has 1 aliphatic rings. The van der Waals surface area contributed by atoms with Crippen LogP contribution >= 0.6 is 0 Å². The minimum Gasteiger partial charge on any atom is -0.497 e. The first-order valence-corrected chi connectivity index (χ1v) is 14.0. The number of rotatable bonds is 11. The van der Waals surface area contributed by atoms with E-state index in [1.807, 2.05) is 42.6 Å². The van der Waals surface area contributed by atoms with Crippen molar-refractivity contribution in [2.45, 2.75) is 37.8 Å². The molecule has 214 valence electrons. The second-order valence-electron chi connectivity index (χ2n) is 10.6. The largest absolute Gasteiger partial charge is 0.497 e. The van der Waals surface area contributed by atoms with Crippen molar-refractivity contribution in [3.8, 4) is 22.7 Å². The third kappa shape index (κ3) is 6.31. The number of halogens is 2. The molecule has 1 saturated carbocycles. The van der Waals surface area contributed by atoms with E-state index in [2.05, 4.69) is 10.4 Å². The molecule has 2 atom stereocenters. The topological polar surface area (TPSA) is 74.0 Å². The number of aryl methyl sites for hydroxylation is 1. The maximum Gasteiger partial charge on any atom is 0.281 e. The predicted molar refractivity (Wildman–Crippen MR) is 157 cm³/mol. The van der Waals surface area contributed by atoms with Gasteiger partial charge >= 0.3 is 0 Å². The Morgan fingerprint density at radius 2 is 1.67 bits per heavy atom. The van der Waals surface area contributed by atoms with Crippen LogP contribution < -0.4 is 15.6 Å². The van der Waals surface area contributed by atoms with Crippen LogP contribution in [-0.4, -0.2) is 39.0 Å². The molecule has 0 radical (unpaired) electrons. The van der Waals surface area contributed by atoms with Gasteiger partial charge in [0.15, 0.2) is 0 Å². The van der Waals surface area contributed by atoms with Gasteiger partial charge in [-0.15, -0.1) is 0 Å². The van der Waals surface area contributed by atoms with Gasteiger partial charge in [-0.25, -0.2) is 13.8 Å². The van der Waals surface area contributed by atoms with Crippen molar-refractivity contribution in [3.63, 3.8) is 0 Å². The van der Waals surface area contributed by atoms with Gasteiger partial charge in [0.1, 0.15) is 23.1 Å². The van der Waals surface area contributed by atoms with Gasteiger partial charge in [0.2, 0.25) is 0 Å². The first-order chi connectivity index (χ1) is 20.5. The van der Waals surface area contributed by atoms with Crippen molar-refractivity contribution in [3.05, 3.63) is 130 Å². The number of hydrogen-bond donors (Lipinski definition) is 1. The summed E-state index contributed by atoms with van der Waals surface area (Å²) in [5, 5.41) is 8.05. The van der Waals surface area contributed by atoms with Gasteiger partial charge in [0.05, 0.1) is 25.5 Å². The van der Waals surface area contributed by atoms with Gasteiger partial charge in [-0.05, 0) is 85.5 Å². The lowest BCUT2D eigenvalue weighted by Crippen LogP contribution is -2.23. The molecule has 1 N–H and O–H groups in total. The SMILES string of the molecule is COc1ccc(Cn2cc(-c3nc(CCCN[C@@H]4C[C@H]4c4ccc(F)cc4)cn(-c4ccc(F)cc4)c3=O)cn2)cc1. The van der Waals surface area contributed by atoms with Crippen LogP contribution in [0.3, 0.4) is 0 Å². The molecule has 42 heavy (non-hydrogen) atoms. The van der Waals surface area contributed by atoms with E-state index in [9.17, 15) is 13.6 Å². The lowest BCUT2D eigenvalue weighted by Gasteiger charge is -2.11. The number of ether oxygens (including phenoxy) is 1. The molecular weight excluding hydrogens is 536 g/mol. The molecule has 0 amide bonds. The maximum atomic E-state index is 13.6. The Morgan fingerprint density at radius 3 is 2.38 bits per heavy atom. The smallest absolute Gasteiger partial charge is 0.281 e. The van der Waals surface area contributed by atoms with Crippen molar-refractivity contribution >= 4 is 0 Å². The zero-order valence-corrected chi connectivity index (χ0v) is 23.2. The zero-order valence-electron chi connectivity index (χ0n) is 23.2. The molecule has 1 fully saturated rings. The van der Waals surface area contributed by atoms with Crippen LogP contribution in [0.4, 0.5) is 8.78 Å². The van der Waals surface area contributed by atoms with E-state index in [4.69, 9.17) is 9.72 Å². The van der Waals surface area contributed by atoms with Crippen molar-refractivity contribution in [2.75, 3.05) is 13.7 Å².